The van der Waals surface area contributed by atoms with Gasteiger partial charge in [0.15, 0.2) is 6.61 Å². The third-order valence-corrected chi connectivity index (χ3v) is 4.12. The molecule has 1 fully saturated rings. The first-order valence-electron chi connectivity index (χ1n) is 8.51. The van der Waals surface area contributed by atoms with Gasteiger partial charge in [0.05, 0.1) is 10.5 Å². The van der Waals surface area contributed by atoms with E-state index in [-0.39, 0.29) is 17.3 Å². The molecule has 0 unspecified atom stereocenters. The number of nitro benzene ring substituents is 1. The third-order valence-electron chi connectivity index (χ3n) is 4.12. The number of anilines is 2. The van der Waals surface area contributed by atoms with Crippen molar-refractivity contribution in [2.24, 2.45) is 0 Å². The Bertz CT molecular complexity index is 893. The zero-order valence-electron chi connectivity index (χ0n) is 14.7. The quantitative estimate of drug-likeness (QED) is 0.440. The molecule has 0 saturated heterocycles. The summed E-state index contributed by atoms with van der Waals surface area (Å²) in [4.78, 5) is 34.8. The van der Waals surface area contributed by atoms with E-state index in [0.29, 0.717) is 11.4 Å². The Morgan fingerprint density at radius 1 is 1.19 bits per heavy atom. The van der Waals surface area contributed by atoms with Crippen molar-refractivity contribution in [3.63, 3.8) is 0 Å². The topological polar surface area (TPSA) is 111 Å². The SMILES string of the molecule is Cc1ccccc1NC(=O)COC(=O)c1ccc(NC2CC2)c([N+](=O)[O-])c1. The van der Waals surface area contributed by atoms with Crippen LogP contribution in [-0.2, 0) is 9.53 Å². The van der Waals surface area contributed by atoms with Gasteiger partial charge in [-0.25, -0.2) is 4.79 Å². The molecule has 0 aliphatic heterocycles. The van der Waals surface area contributed by atoms with Crippen LogP contribution in [0.25, 0.3) is 0 Å². The molecule has 1 aliphatic rings. The highest BCUT2D eigenvalue weighted by Crippen LogP contribution is 2.31. The Hall–Kier alpha value is -3.42. The van der Waals surface area contributed by atoms with Gasteiger partial charge < -0.3 is 15.4 Å². The molecule has 8 heteroatoms. The molecular formula is C19H19N3O5. The number of ether oxygens (including phenoxy) is 1. The van der Waals surface area contributed by atoms with Crippen LogP contribution in [0.2, 0.25) is 0 Å². The molecule has 0 spiro atoms. The first kappa shape index (κ1) is 18.4. The first-order valence-corrected chi connectivity index (χ1v) is 8.51. The number of aryl methyl sites for hydroxylation is 1. The summed E-state index contributed by atoms with van der Waals surface area (Å²) in [6.45, 7) is 1.36. The fraction of sp³-hybridized carbons (Fsp3) is 0.263. The van der Waals surface area contributed by atoms with Gasteiger partial charge >= 0.3 is 5.97 Å². The minimum Gasteiger partial charge on any atom is -0.452 e. The van der Waals surface area contributed by atoms with E-state index in [4.69, 9.17) is 4.74 Å². The van der Waals surface area contributed by atoms with E-state index in [1.807, 2.05) is 19.1 Å². The lowest BCUT2D eigenvalue weighted by Gasteiger charge is -2.10. The van der Waals surface area contributed by atoms with Gasteiger partial charge in [-0.2, -0.15) is 0 Å². The van der Waals surface area contributed by atoms with Gasteiger partial charge in [0.2, 0.25) is 0 Å². The van der Waals surface area contributed by atoms with Gasteiger partial charge in [-0.3, -0.25) is 14.9 Å². The minimum absolute atomic E-state index is 0.0201. The Labute approximate surface area is 155 Å². The molecule has 27 heavy (non-hydrogen) atoms. The number of carbonyl (C=O) groups excluding carboxylic acids is 2. The number of nitrogens with one attached hydrogen (secondary N) is 2. The van der Waals surface area contributed by atoms with Crippen LogP contribution >= 0.6 is 0 Å². The van der Waals surface area contributed by atoms with E-state index in [2.05, 4.69) is 10.6 Å². The first-order chi connectivity index (χ1) is 12.9. The summed E-state index contributed by atoms with van der Waals surface area (Å²) in [6, 6.07) is 11.5. The number of para-hydroxylation sites is 1. The van der Waals surface area contributed by atoms with Crippen molar-refractivity contribution in [2.75, 3.05) is 17.2 Å². The summed E-state index contributed by atoms with van der Waals surface area (Å²) in [6.07, 6.45) is 1.94. The maximum Gasteiger partial charge on any atom is 0.338 e. The number of carbonyl (C=O) groups is 2. The number of hydrogen-bond acceptors (Lipinski definition) is 6. The van der Waals surface area contributed by atoms with E-state index in [0.717, 1.165) is 24.5 Å². The number of hydrogen-bond donors (Lipinski definition) is 2. The molecule has 2 N–H and O–H groups in total. The summed E-state index contributed by atoms with van der Waals surface area (Å²) in [5.74, 6) is -1.28. The van der Waals surface area contributed by atoms with Crippen LogP contribution < -0.4 is 10.6 Å². The maximum atomic E-state index is 12.1. The van der Waals surface area contributed by atoms with E-state index < -0.39 is 23.4 Å². The van der Waals surface area contributed by atoms with Crippen molar-refractivity contribution in [1.82, 2.24) is 0 Å². The van der Waals surface area contributed by atoms with Gasteiger partial charge in [0, 0.05) is 17.8 Å². The Balaban J connectivity index is 1.61. The lowest BCUT2D eigenvalue weighted by molar-refractivity contribution is -0.384. The number of rotatable bonds is 7. The second kappa shape index (κ2) is 7.86. The smallest absolute Gasteiger partial charge is 0.338 e. The summed E-state index contributed by atoms with van der Waals surface area (Å²) in [5, 5.41) is 17.0. The van der Waals surface area contributed by atoms with Crippen molar-refractivity contribution >= 4 is 28.9 Å². The van der Waals surface area contributed by atoms with E-state index >= 15 is 0 Å². The van der Waals surface area contributed by atoms with Crippen molar-refractivity contribution in [1.29, 1.82) is 0 Å². The van der Waals surface area contributed by atoms with Crippen LogP contribution in [0.3, 0.4) is 0 Å². The molecule has 0 radical (unpaired) electrons. The molecule has 8 nitrogen and oxygen atoms in total. The van der Waals surface area contributed by atoms with E-state index in [9.17, 15) is 19.7 Å². The predicted molar refractivity (Wildman–Crippen MR) is 99.8 cm³/mol. The molecule has 0 bridgehead atoms. The monoisotopic (exact) mass is 369 g/mol. The normalized spacial score (nSPS) is 12.9. The Morgan fingerprint density at radius 2 is 1.93 bits per heavy atom. The largest absolute Gasteiger partial charge is 0.452 e. The molecule has 2 aromatic carbocycles. The Morgan fingerprint density at radius 3 is 2.59 bits per heavy atom. The fourth-order valence-corrected chi connectivity index (χ4v) is 2.49. The molecule has 1 aliphatic carbocycles. The number of amides is 1. The lowest BCUT2D eigenvalue weighted by Crippen LogP contribution is -2.21. The molecule has 3 rings (SSSR count). The minimum atomic E-state index is -0.795. The highest BCUT2D eigenvalue weighted by atomic mass is 16.6. The number of esters is 1. The van der Waals surface area contributed by atoms with Gasteiger partial charge in [-0.15, -0.1) is 0 Å². The van der Waals surface area contributed by atoms with Crippen molar-refractivity contribution in [3.8, 4) is 0 Å². The highest BCUT2D eigenvalue weighted by Gasteiger charge is 2.26. The number of benzene rings is 2. The van der Waals surface area contributed by atoms with Crippen LogP contribution in [0.1, 0.15) is 28.8 Å². The lowest BCUT2D eigenvalue weighted by atomic mass is 10.1. The predicted octanol–water partition coefficient (Wildman–Crippen LogP) is 3.27. The standard InChI is InChI=1S/C19H19N3O5/c1-12-4-2-3-5-15(12)21-18(23)11-27-19(24)13-6-9-16(20-14-7-8-14)17(10-13)22(25)26/h2-6,9-10,14,20H,7-8,11H2,1H3,(H,21,23). The summed E-state index contributed by atoms with van der Waals surface area (Å²) in [7, 11) is 0. The van der Waals surface area contributed by atoms with E-state index in [1.165, 1.54) is 12.1 Å². The zero-order valence-corrected chi connectivity index (χ0v) is 14.7. The van der Waals surface area contributed by atoms with Crippen molar-refractivity contribution in [3.05, 3.63) is 63.7 Å². The summed E-state index contributed by atoms with van der Waals surface area (Å²) in [5.41, 5.74) is 1.71. The molecule has 0 atom stereocenters. The van der Waals surface area contributed by atoms with Crippen molar-refractivity contribution in [2.45, 2.75) is 25.8 Å². The van der Waals surface area contributed by atoms with Gasteiger partial charge in [0.25, 0.3) is 11.6 Å². The average molecular weight is 369 g/mol. The fourth-order valence-electron chi connectivity index (χ4n) is 2.49. The molecule has 1 saturated carbocycles. The highest BCUT2D eigenvalue weighted by molar-refractivity contribution is 5.96. The van der Waals surface area contributed by atoms with Gasteiger partial charge in [0.1, 0.15) is 5.69 Å². The van der Waals surface area contributed by atoms with Crippen LogP contribution in [0, 0.1) is 17.0 Å². The maximum absolute atomic E-state index is 12.1. The van der Waals surface area contributed by atoms with Gasteiger partial charge in [-0.1, -0.05) is 18.2 Å². The molecule has 1 amide bonds. The third kappa shape index (κ3) is 4.81. The number of nitrogens with zero attached hydrogens (tertiary/aromatic N) is 1. The molecule has 140 valence electrons. The second-order valence-corrected chi connectivity index (χ2v) is 6.35. The molecule has 2 aromatic rings. The average Bonchev–Trinajstić information content (AvgIpc) is 3.46. The molecule has 0 aromatic heterocycles. The zero-order chi connectivity index (χ0) is 19.4. The number of nitro groups is 1. The Kier molecular flexibility index (Phi) is 5.35. The summed E-state index contributed by atoms with van der Waals surface area (Å²) >= 11 is 0. The van der Waals surface area contributed by atoms with Gasteiger partial charge in [-0.05, 0) is 43.5 Å². The second-order valence-electron chi connectivity index (χ2n) is 6.35. The molecule has 0 heterocycles. The van der Waals surface area contributed by atoms with Crippen LogP contribution in [0.4, 0.5) is 17.1 Å². The summed E-state index contributed by atoms with van der Waals surface area (Å²) < 4.78 is 4.98. The van der Waals surface area contributed by atoms with Crippen LogP contribution in [-0.4, -0.2) is 29.4 Å². The molecular weight excluding hydrogens is 350 g/mol. The van der Waals surface area contributed by atoms with Crippen LogP contribution in [0.15, 0.2) is 42.5 Å². The van der Waals surface area contributed by atoms with Crippen LogP contribution in [0.5, 0.6) is 0 Å². The van der Waals surface area contributed by atoms with E-state index in [1.54, 1.807) is 12.1 Å². The van der Waals surface area contributed by atoms with Crippen molar-refractivity contribution < 1.29 is 19.2 Å².